The van der Waals surface area contributed by atoms with E-state index in [-0.39, 0.29) is 0 Å². The molecule has 1 fully saturated rings. The third kappa shape index (κ3) is 3.29. The van der Waals surface area contributed by atoms with Crippen molar-refractivity contribution in [2.75, 3.05) is 17.7 Å². The molecule has 4 aromatic rings. The van der Waals surface area contributed by atoms with Crippen molar-refractivity contribution in [1.82, 2.24) is 29.4 Å². The molecule has 10 heteroatoms. The SMILES string of the molecule is COc1cc(Nc2cc(NC3CC3)c3ncc(C#N)n3n2)cc(-n2cnnc2)c1. The van der Waals surface area contributed by atoms with Crippen LogP contribution in [0.4, 0.5) is 17.2 Å². The van der Waals surface area contributed by atoms with Crippen LogP contribution in [0.3, 0.4) is 0 Å². The summed E-state index contributed by atoms with van der Waals surface area (Å²) in [6, 6.07) is 10.2. The highest BCUT2D eigenvalue weighted by Crippen LogP contribution is 2.30. The second-order valence-corrected chi connectivity index (χ2v) is 6.77. The van der Waals surface area contributed by atoms with Crippen molar-refractivity contribution in [3.8, 4) is 17.5 Å². The van der Waals surface area contributed by atoms with Gasteiger partial charge in [-0.15, -0.1) is 15.3 Å². The Kier molecular flexibility index (Phi) is 3.98. The van der Waals surface area contributed by atoms with Gasteiger partial charge >= 0.3 is 0 Å². The Morgan fingerprint density at radius 2 is 2.00 bits per heavy atom. The highest BCUT2D eigenvalue weighted by Gasteiger charge is 2.23. The summed E-state index contributed by atoms with van der Waals surface area (Å²) in [6.07, 6.45) is 7.01. The van der Waals surface area contributed by atoms with E-state index in [4.69, 9.17) is 4.74 Å². The van der Waals surface area contributed by atoms with Crippen molar-refractivity contribution in [3.63, 3.8) is 0 Å². The Morgan fingerprint density at radius 3 is 2.72 bits per heavy atom. The van der Waals surface area contributed by atoms with E-state index < -0.39 is 0 Å². The van der Waals surface area contributed by atoms with Crippen LogP contribution in [-0.4, -0.2) is 42.5 Å². The highest BCUT2D eigenvalue weighted by molar-refractivity contribution is 5.74. The van der Waals surface area contributed by atoms with Gasteiger partial charge in [0.15, 0.2) is 17.2 Å². The average Bonchev–Trinajstić information content (AvgIpc) is 3.21. The number of nitrogens with zero attached hydrogens (tertiary/aromatic N) is 7. The lowest BCUT2D eigenvalue weighted by Crippen LogP contribution is -2.08. The van der Waals surface area contributed by atoms with Crippen LogP contribution in [0, 0.1) is 11.3 Å². The molecule has 0 radical (unpaired) electrons. The Hall–Kier alpha value is -4.13. The number of hydrogen-bond acceptors (Lipinski definition) is 8. The van der Waals surface area contributed by atoms with Crippen molar-refractivity contribution in [2.24, 2.45) is 0 Å². The molecule has 0 unspecified atom stereocenters. The van der Waals surface area contributed by atoms with E-state index in [1.54, 1.807) is 28.8 Å². The van der Waals surface area contributed by atoms with Crippen molar-refractivity contribution >= 4 is 22.8 Å². The summed E-state index contributed by atoms with van der Waals surface area (Å²) >= 11 is 0. The molecule has 3 aromatic heterocycles. The van der Waals surface area contributed by atoms with Crippen LogP contribution in [0.15, 0.2) is 43.1 Å². The zero-order valence-corrected chi connectivity index (χ0v) is 15.6. The van der Waals surface area contributed by atoms with Crippen molar-refractivity contribution in [2.45, 2.75) is 18.9 Å². The van der Waals surface area contributed by atoms with Gasteiger partial charge in [-0.3, -0.25) is 4.57 Å². The molecule has 0 saturated heterocycles. The second kappa shape index (κ2) is 6.79. The van der Waals surface area contributed by atoms with Gasteiger partial charge in [0.1, 0.15) is 24.5 Å². The molecule has 29 heavy (non-hydrogen) atoms. The van der Waals surface area contributed by atoms with E-state index in [2.05, 4.69) is 37.0 Å². The molecule has 144 valence electrons. The number of hydrogen-bond donors (Lipinski definition) is 2. The fourth-order valence-electron chi connectivity index (χ4n) is 3.06. The summed E-state index contributed by atoms with van der Waals surface area (Å²) in [4.78, 5) is 4.34. The summed E-state index contributed by atoms with van der Waals surface area (Å²) in [7, 11) is 1.61. The number of rotatable bonds is 6. The van der Waals surface area contributed by atoms with E-state index >= 15 is 0 Å². The van der Waals surface area contributed by atoms with Gasteiger partial charge in [0.05, 0.1) is 24.7 Å². The molecule has 0 aliphatic heterocycles. The van der Waals surface area contributed by atoms with Crippen LogP contribution in [-0.2, 0) is 0 Å². The molecule has 0 bridgehead atoms. The molecule has 1 aliphatic rings. The number of anilines is 3. The van der Waals surface area contributed by atoms with Gasteiger partial charge in [0.2, 0.25) is 0 Å². The molecular formula is C19H17N9O. The first-order chi connectivity index (χ1) is 14.2. The molecule has 0 atom stereocenters. The fraction of sp³-hybridized carbons (Fsp3) is 0.211. The van der Waals surface area contributed by atoms with Crippen LogP contribution in [0.1, 0.15) is 18.5 Å². The summed E-state index contributed by atoms with van der Waals surface area (Å²) < 4.78 is 8.76. The topological polar surface area (TPSA) is 118 Å². The molecular weight excluding hydrogens is 370 g/mol. The molecule has 1 aliphatic carbocycles. The lowest BCUT2D eigenvalue weighted by atomic mass is 10.2. The average molecular weight is 387 g/mol. The van der Waals surface area contributed by atoms with E-state index in [1.165, 1.54) is 6.20 Å². The maximum absolute atomic E-state index is 9.38. The molecule has 3 heterocycles. The molecule has 0 amide bonds. The molecule has 10 nitrogen and oxygen atoms in total. The fourth-order valence-corrected chi connectivity index (χ4v) is 3.06. The van der Waals surface area contributed by atoms with E-state index in [9.17, 15) is 5.26 Å². The van der Waals surface area contributed by atoms with Gasteiger partial charge in [-0.25, -0.2) is 4.98 Å². The number of imidazole rings is 1. The molecule has 5 rings (SSSR count). The third-order valence-electron chi connectivity index (χ3n) is 4.64. The largest absolute Gasteiger partial charge is 0.497 e. The van der Waals surface area contributed by atoms with E-state index in [0.717, 1.165) is 29.9 Å². The number of nitrogens with one attached hydrogen (secondary N) is 2. The van der Waals surface area contributed by atoms with Crippen molar-refractivity contribution < 1.29 is 4.74 Å². The lowest BCUT2D eigenvalue weighted by molar-refractivity contribution is 0.415. The smallest absolute Gasteiger partial charge is 0.178 e. The number of nitriles is 1. The summed E-state index contributed by atoms with van der Waals surface area (Å²) in [5.41, 5.74) is 3.46. The molecule has 1 aromatic carbocycles. The van der Waals surface area contributed by atoms with Crippen LogP contribution in [0.5, 0.6) is 5.75 Å². The minimum atomic E-state index is 0.373. The van der Waals surface area contributed by atoms with Gasteiger partial charge in [-0.2, -0.15) is 9.78 Å². The summed E-state index contributed by atoms with van der Waals surface area (Å²) in [5.74, 6) is 1.26. The van der Waals surface area contributed by atoms with Crippen LogP contribution in [0.25, 0.3) is 11.3 Å². The normalized spacial score (nSPS) is 13.2. The first-order valence-electron chi connectivity index (χ1n) is 9.10. The van der Waals surface area contributed by atoms with E-state index in [0.29, 0.717) is 29.0 Å². The van der Waals surface area contributed by atoms with Gasteiger partial charge in [-0.05, 0) is 18.9 Å². The van der Waals surface area contributed by atoms with Gasteiger partial charge in [-0.1, -0.05) is 0 Å². The van der Waals surface area contributed by atoms with Crippen LogP contribution < -0.4 is 15.4 Å². The Morgan fingerprint density at radius 1 is 1.17 bits per heavy atom. The summed E-state index contributed by atoms with van der Waals surface area (Å²) in [6.45, 7) is 0. The Bertz CT molecular complexity index is 1220. The van der Waals surface area contributed by atoms with Crippen molar-refractivity contribution in [1.29, 1.82) is 5.26 Å². The van der Waals surface area contributed by atoms with Crippen molar-refractivity contribution in [3.05, 3.63) is 48.8 Å². The lowest BCUT2D eigenvalue weighted by Gasteiger charge is -2.13. The van der Waals surface area contributed by atoms with Gasteiger partial charge < -0.3 is 15.4 Å². The first-order valence-corrected chi connectivity index (χ1v) is 9.10. The standard InChI is InChI=1S/C19H17N9O/c1-29-16-5-13(4-14(6-16)27-10-22-23-11-27)25-18-7-17(24-12-2-3-12)19-21-9-15(8-20)28(19)26-18/h4-7,9-12,24H,2-3H2,1H3,(H,25,26). The molecule has 0 spiro atoms. The van der Waals surface area contributed by atoms with Crippen LogP contribution in [0.2, 0.25) is 0 Å². The third-order valence-corrected chi connectivity index (χ3v) is 4.64. The van der Waals surface area contributed by atoms with Gasteiger partial charge in [0.25, 0.3) is 0 Å². The maximum atomic E-state index is 9.38. The Labute approximate surface area is 165 Å². The maximum Gasteiger partial charge on any atom is 0.178 e. The molecule has 2 N–H and O–H groups in total. The highest BCUT2D eigenvalue weighted by atomic mass is 16.5. The summed E-state index contributed by atoms with van der Waals surface area (Å²) in [5, 5.41) is 28.4. The predicted molar refractivity (Wildman–Crippen MR) is 106 cm³/mol. The first kappa shape index (κ1) is 17.0. The zero-order valence-electron chi connectivity index (χ0n) is 15.6. The van der Waals surface area contributed by atoms with E-state index in [1.807, 2.05) is 24.3 Å². The number of benzene rings is 1. The second-order valence-electron chi connectivity index (χ2n) is 6.77. The predicted octanol–water partition coefficient (Wildman–Crippen LogP) is 2.51. The monoisotopic (exact) mass is 387 g/mol. The number of fused-ring (bicyclic) bond motifs is 1. The quantitative estimate of drug-likeness (QED) is 0.518. The number of methoxy groups -OCH3 is 1. The minimum Gasteiger partial charge on any atom is -0.497 e. The zero-order chi connectivity index (χ0) is 19.8. The Balaban J connectivity index is 1.56. The number of ether oxygens (including phenoxy) is 1. The minimum absolute atomic E-state index is 0.373. The number of aromatic nitrogens is 6. The van der Waals surface area contributed by atoms with Gasteiger partial charge in [0, 0.05) is 29.9 Å². The van der Waals surface area contributed by atoms with Crippen LogP contribution >= 0.6 is 0 Å². The molecule has 1 saturated carbocycles.